The lowest BCUT2D eigenvalue weighted by atomic mass is 10.1. The topological polar surface area (TPSA) is 73.8 Å². The number of nitrogens with two attached hydrogens (primary N) is 1. The van der Waals surface area contributed by atoms with Crippen molar-refractivity contribution in [3.63, 3.8) is 0 Å². The second-order valence-corrected chi connectivity index (χ2v) is 7.80. The molecule has 2 aromatic rings. The van der Waals surface area contributed by atoms with Crippen molar-refractivity contribution in [2.24, 2.45) is 5.73 Å². The lowest BCUT2D eigenvalue weighted by molar-refractivity contribution is -0.117. The molecule has 0 saturated heterocycles. The third-order valence-electron chi connectivity index (χ3n) is 4.13. The first-order chi connectivity index (χ1) is 12.6. The fourth-order valence-corrected chi connectivity index (χ4v) is 3.75. The summed E-state index contributed by atoms with van der Waals surface area (Å²) in [6, 6.07) is 7.64. The molecule has 0 atom stereocenters. The van der Waals surface area contributed by atoms with E-state index in [1.165, 1.54) is 43.9 Å². The first kappa shape index (κ1) is 20.8. The maximum atomic E-state index is 11.0. The predicted molar refractivity (Wildman–Crippen MR) is 108 cm³/mol. The minimum absolute atomic E-state index is 0.294. The van der Waals surface area contributed by atoms with E-state index in [4.69, 9.17) is 17.3 Å². The van der Waals surface area contributed by atoms with Gasteiger partial charge in [-0.1, -0.05) is 62.4 Å². The Morgan fingerprint density at radius 3 is 2.50 bits per heavy atom. The number of benzene rings is 1. The highest BCUT2D eigenvalue weighted by Crippen LogP contribution is 2.26. The quantitative estimate of drug-likeness (QED) is 0.409. The van der Waals surface area contributed by atoms with E-state index in [-0.39, 0.29) is 5.91 Å². The Kier molecular flexibility index (Phi) is 8.98. The van der Waals surface area contributed by atoms with Crippen LogP contribution < -0.4 is 5.73 Å². The molecule has 0 aliphatic rings. The average Bonchev–Trinajstić information content (AvgIpc) is 3.01. The van der Waals surface area contributed by atoms with Gasteiger partial charge in [-0.3, -0.25) is 4.79 Å². The van der Waals surface area contributed by atoms with Gasteiger partial charge in [0.15, 0.2) is 11.0 Å². The Morgan fingerprint density at radius 1 is 1.12 bits per heavy atom. The second kappa shape index (κ2) is 11.2. The molecule has 0 bridgehead atoms. The number of amides is 1. The van der Waals surface area contributed by atoms with E-state index in [9.17, 15) is 4.79 Å². The maximum Gasteiger partial charge on any atom is 0.218 e. The maximum absolute atomic E-state index is 11.0. The number of hydrogen-bond donors (Lipinski definition) is 1. The summed E-state index contributed by atoms with van der Waals surface area (Å²) in [6.07, 6.45) is 7.74. The van der Waals surface area contributed by atoms with E-state index >= 15 is 0 Å². The predicted octanol–water partition coefficient (Wildman–Crippen LogP) is 4.93. The highest BCUT2D eigenvalue weighted by molar-refractivity contribution is 7.99. The van der Waals surface area contributed by atoms with Crippen LogP contribution in [0.15, 0.2) is 29.4 Å². The van der Waals surface area contributed by atoms with Crippen molar-refractivity contribution in [1.29, 1.82) is 0 Å². The van der Waals surface area contributed by atoms with E-state index < -0.39 is 0 Å². The minimum Gasteiger partial charge on any atom is -0.370 e. The van der Waals surface area contributed by atoms with E-state index in [1.807, 2.05) is 24.3 Å². The molecule has 1 aromatic carbocycles. The summed E-state index contributed by atoms with van der Waals surface area (Å²) < 4.78 is 2.15. The lowest BCUT2D eigenvalue weighted by Crippen LogP contribution is -2.11. The fraction of sp³-hybridized carbons (Fsp3) is 0.526. The van der Waals surface area contributed by atoms with Crippen LogP contribution in [0, 0.1) is 0 Å². The third-order valence-corrected chi connectivity index (χ3v) is 5.35. The first-order valence-electron chi connectivity index (χ1n) is 9.22. The standard InChI is InChI=1S/C19H27ClN4OS/c1-2-3-4-5-6-7-13-24-18(15-8-10-16(20)11-9-15)22-23-19(24)26-14-12-17(21)25/h8-11H,2-7,12-14H2,1H3,(H2,21,25). The molecule has 2 rings (SSSR count). The van der Waals surface area contributed by atoms with Gasteiger partial charge in [-0.2, -0.15) is 0 Å². The zero-order valence-corrected chi connectivity index (χ0v) is 16.9. The number of unbranched alkanes of at least 4 members (excludes halogenated alkanes) is 5. The molecule has 0 spiro atoms. The zero-order valence-electron chi connectivity index (χ0n) is 15.3. The normalized spacial score (nSPS) is 11.0. The Hall–Kier alpha value is -1.53. The molecule has 1 aromatic heterocycles. The zero-order chi connectivity index (χ0) is 18.8. The van der Waals surface area contributed by atoms with Crippen LogP contribution in [0.5, 0.6) is 0 Å². The van der Waals surface area contributed by atoms with E-state index in [0.717, 1.165) is 29.5 Å². The molecule has 2 N–H and O–H groups in total. The SMILES string of the molecule is CCCCCCCCn1c(SCCC(N)=O)nnc1-c1ccc(Cl)cc1. The van der Waals surface area contributed by atoms with Crippen molar-refractivity contribution in [2.45, 2.75) is 63.6 Å². The van der Waals surface area contributed by atoms with Crippen LogP contribution in [0.3, 0.4) is 0 Å². The summed E-state index contributed by atoms with van der Waals surface area (Å²) in [5.74, 6) is 1.17. The molecule has 26 heavy (non-hydrogen) atoms. The lowest BCUT2D eigenvalue weighted by Gasteiger charge is -2.10. The summed E-state index contributed by atoms with van der Waals surface area (Å²) in [7, 11) is 0. The van der Waals surface area contributed by atoms with Crippen molar-refractivity contribution in [2.75, 3.05) is 5.75 Å². The van der Waals surface area contributed by atoms with Gasteiger partial charge in [0, 0.05) is 29.3 Å². The van der Waals surface area contributed by atoms with Crippen LogP contribution in [0.2, 0.25) is 5.02 Å². The number of carbonyl (C=O) groups is 1. The van der Waals surface area contributed by atoms with Gasteiger partial charge < -0.3 is 10.3 Å². The van der Waals surface area contributed by atoms with Crippen LogP contribution in [0.25, 0.3) is 11.4 Å². The van der Waals surface area contributed by atoms with Gasteiger partial charge in [0.1, 0.15) is 0 Å². The first-order valence-corrected chi connectivity index (χ1v) is 10.6. The van der Waals surface area contributed by atoms with Gasteiger partial charge in [0.25, 0.3) is 0 Å². The highest BCUT2D eigenvalue weighted by Gasteiger charge is 2.14. The van der Waals surface area contributed by atoms with Crippen molar-refractivity contribution in [1.82, 2.24) is 14.8 Å². The summed E-state index contributed by atoms with van der Waals surface area (Å²) in [5.41, 5.74) is 6.23. The second-order valence-electron chi connectivity index (χ2n) is 6.30. The summed E-state index contributed by atoms with van der Waals surface area (Å²) in [5, 5.41) is 10.2. The van der Waals surface area contributed by atoms with Crippen LogP contribution in [-0.4, -0.2) is 26.4 Å². The fourth-order valence-electron chi connectivity index (χ4n) is 2.70. The third kappa shape index (κ3) is 6.65. The molecule has 0 saturated carbocycles. The van der Waals surface area contributed by atoms with E-state index in [0.29, 0.717) is 17.2 Å². The summed E-state index contributed by atoms with van der Waals surface area (Å²) in [4.78, 5) is 11.0. The Labute approximate surface area is 164 Å². The van der Waals surface area contributed by atoms with Crippen LogP contribution in [0.4, 0.5) is 0 Å². The molecule has 0 unspecified atom stereocenters. The Bertz CT molecular complexity index is 687. The molecule has 0 aliphatic heterocycles. The minimum atomic E-state index is -0.294. The molecule has 0 aliphatic carbocycles. The van der Waals surface area contributed by atoms with Gasteiger partial charge >= 0.3 is 0 Å². The molecular weight excluding hydrogens is 368 g/mol. The van der Waals surface area contributed by atoms with E-state index in [2.05, 4.69) is 21.7 Å². The summed E-state index contributed by atoms with van der Waals surface area (Å²) in [6.45, 7) is 3.10. The van der Waals surface area contributed by atoms with Gasteiger partial charge in [-0.25, -0.2) is 0 Å². The average molecular weight is 395 g/mol. The molecule has 5 nitrogen and oxygen atoms in total. The number of thioether (sulfide) groups is 1. The molecule has 7 heteroatoms. The van der Waals surface area contributed by atoms with Gasteiger partial charge in [-0.15, -0.1) is 10.2 Å². The van der Waals surface area contributed by atoms with Crippen LogP contribution >= 0.6 is 23.4 Å². The Balaban J connectivity index is 2.07. The molecule has 1 amide bonds. The highest BCUT2D eigenvalue weighted by atomic mass is 35.5. The number of primary amides is 1. The van der Waals surface area contributed by atoms with Crippen molar-refractivity contribution in [3.05, 3.63) is 29.3 Å². The van der Waals surface area contributed by atoms with Gasteiger partial charge in [-0.05, 0) is 30.7 Å². The smallest absolute Gasteiger partial charge is 0.218 e. The van der Waals surface area contributed by atoms with Gasteiger partial charge in [0.2, 0.25) is 5.91 Å². The number of halogens is 1. The van der Waals surface area contributed by atoms with Crippen molar-refractivity contribution < 1.29 is 4.79 Å². The van der Waals surface area contributed by atoms with Crippen molar-refractivity contribution in [3.8, 4) is 11.4 Å². The summed E-state index contributed by atoms with van der Waals surface area (Å²) >= 11 is 7.52. The molecule has 142 valence electrons. The number of carbonyl (C=O) groups excluding carboxylic acids is 1. The Morgan fingerprint density at radius 2 is 1.81 bits per heavy atom. The molecular formula is C19H27ClN4OS. The number of aromatic nitrogens is 3. The molecule has 0 radical (unpaired) electrons. The van der Waals surface area contributed by atoms with E-state index in [1.54, 1.807) is 0 Å². The van der Waals surface area contributed by atoms with Crippen LogP contribution in [0.1, 0.15) is 51.9 Å². The number of rotatable bonds is 12. The molecule has 0 fully saturated rings. The van der Waals surface area contributed by atoms with Crippen molar-refractivity contribution >= 4 is 29.3 Å². The van der Waals surface area contributed by atoms with Gasteiger partial charge in [0.05, 0.1) is 0 Å². The monoisotopic (exact) mass is 394 g/mol. The van der Waals surface area contributed by atoms with Crippen LogP contribution in [-0.2, 0) is 11.3 Å². The largest absolute Gasteiger partial charge is 0.370 e. The molecule has 1 heterocycles. The number of hydrogen-bond acceptors (Lipinski definition) is 4. The number of nitrogens with zero attached hydrogens (tertiary/aromatic N) is 3.